The van der Waals surface area contributed by atoms with Crippen LogP contribution in [0.25, 0.3) is 0 Å². The van der Waals surface area contributed by atoms with Crippen molar-refractivity contribution in [2.45, 2.75) is 6.92 Å². The van der Waals surface area contributed by atoms with Gasteiger partial charge in [0.1, 0.15) is 5.75 Å². The first-order valence-corrected chi connectivity index (χ1v) is 8.65. The third kappa shape index (κ3) is 5.57. The Morgan fingerprint density at radius 1 is 1.32 bits per heavy atom. The summed E-state index contributed by atoms with van der Waals surface area (Å²) in [5.74, 6) is -1.07. The molecule has 1 aromatic carbocycles. The Morgan fingerprint density at radius 2 is 1.95 bits per heavy atom. The summed E-state index contributed by atoms with van der Waals surface area (Å²) in [6.07, 6.45) is 0.872. The molecule has 0 saturated heterocycles. The number of methoxy groups -OCH3 is 1. The normalized spacial score (nSPS) is 12.8. The summed E-state index contributed by atoms with van der Waals surface area (Å²) in [4.78, 5) is 27.4. The Kier molecular flexibility index (Phi) is 7.20. The summed E-state index contributed by atoms with van der Waals surface area (Å²) in [6.45, 7) is 1.37. The molecule has 0 heterocycles. The van der Waals surface area contributed by atoms with E-state index in [1.807, 2.05) is 0 Å². The summed E-state index contributed by atoms with van der Waals surface area (Å²) >= 11 is 4.98. The van der Waals surface area contributed by atoms with Crippen LogP contribution in [0.5, 0.6) is 5.75 Å². The number of rotatable bonds is 8. The van der Waals surface area contributed by atoms with E-state index in [-0.39, 0.29) is 12.2 Å². The van der Waals surface area contributed by atoms with Crippen molar-refractivity contribution < 1.29 is 32.9 Å². The number of carbonyl (C=O) groups is 2. The Hall–Kier alpha value is -1.73. The van der Waals surface area contributed by atoms with Gasteiger partial charge in [0, 0.05) is 17.9 Å². The van der Waals surface area contributed by atoms with Gasteiger partial charge in [-0.1, -0.05) is 11.3 Å². The maximum absolute atomic E-state index is 12.0. The molecule has 1 rings (SSSR count). The average molecular weight is 346 g/mol. The van der Waals surface area contributed by atoms with Crippen LogP contribution in [0.2, 0.25) is 0 Å². The molecule has 0 radical (unpaired) electrons. The second-order valence-corrected chi connectivity index (χ2v) is 6.48. The van der Waals surface area contributed by atoms with Crippen molar-refractivity contribution in [1.29, 1.82) is 0 Å². The molecule has 0 fully saturated rings. The van der Waals surface area contributed by atoms with Crippen LogP contribution in [0.3, 0.4) is 0 Å². The SMILES string of the molecule is C=CC(=O)OOP(=S)(OCC)OC(=O)c1ccc(OC)cc1. The lowest BCUT2D eigenvalue weighted by Gasteiger charge is -2.18. The number of hydrogen-bond donors (Lipinski definition) is 0. The third-order valence-electron chi connectivity index (χ3n) is 2.19. The Balaban J connectivity index is 2.79. The third-order valence-corrected chi connectivity index (χ3v) is 4.13. The Bertz CT molecular complexity index is 585. The van der Waals surface area contributed by atoms with Gasteiger partial charge in [0.05, 0.1) is 19.3 Å². The van der Waals surface area contributed by atoms with Crippen molar-refractivity contribution in [3.05, 3.63) is 42.5 Å². The molecule has 120 valence electrons. The molecular weight excluding hydrogens is 331 g/mol. The lowest BCUT2D eigenvalue weighted by atomic mass is 10.2. The molecule has 9 heteroatoms. The molecule has 0 aromatic heterocycles. The van der Waals surface area contributed by atoms with Gasteiger partial charge in [0.25, 0.3) is 0 Å². The first-order chi connectivity index (χ1) is 10.4. The van der Waals surface area contributed by atoms with Gasteiger partial charge < -0.3 is 9.26 Å². The molecular formula is C13H15O7PS. The predicted molar refractivity (Wildman–Crippen MR) is 81.7 cm³/mol. The topological polar surface area (TPSA) is 80.3 Å². The van der Waals surface area contributed by atoms with Crippen LogP contribution in [0.4, 0.5) is 0 Å². The molecule has 0 aliphatic heterocycles. The first kappa shape index (κ1) is 18.3. The summed E-state index contributed by atoms with van der Waals surface area (Å²) in [7, 11) is 1.50. The van der Waals surface area contributed by atoms with Gasteiger partial charge >= 0.3 is 18.7 Å². The fourth-order valence-corrected chi connectivity index (χ4v) is 2.75. The fourth-order valence-electron chi connectivity index (χ4n) is 1.22. The number of ether oxygens (including phenoxy) is 1. The van der Waals surface area contributed by atoms with E-state index in [4.69, 9.17) is 25.6 Å². The molecule has 1 aromatic rings. The van der Waals surface area contributed by atoms with Gasteiger partial charge in [-0.25, -0.2) is 9.59 Å². The number of carbonyl (C=O) groups excluding carboxylic acids is 2. The van der Waals surface area contributed by atoms with Crippen molar-refractivity contribution in [1.82, 2.24) is 0 Å². The van der Waals surface area contributed by atoms with Crippen LogP contribution in [0.1, 0.15) is 17.3 Å². The predicted octanol–water partition coefficient (Wildman–Crippen LogP) is 2.77. The summed E-state index contributed by atoms with van der Waals surface area (Å²) in [5, 5.41) is 0. The first-order valence-electron chi connectivity index (χ1n) is 6.09. The minimum absolute atomic E-state index is 0.110. The van der Waals surface area contributed by atoms with E-state index in [0.29, 0.717) is 5.75 Å². The second kappa shape index (κ2) is 8.65. The number of hydrogen-bond acceptors (Lipinski definition) is 8. The van der Waals surface area contributed by atoms with Gasteiger partial charge in [0.15, 0.2) is 0 Å². The van der Waals surface area contributed by atoms with Gasteiger partial charge in [0.2, 0.25) is 0 Å². The molecule has 7 nitrogen and oxygen atoms in total. The van der Waals surface area contributed by atoms with Crippen LogP contribution < -0.4 is 4.74 Å². The highest BCUT2D eigenvalue weighted by Crippen LogP contribution is 2.50. The molecule has 0 saturated carbocycles. The van der Waals surface area contributed by atoms with Gasteiger partial charge in [-0.2, -0.15) is 0 Å². The van der Waals surface area contributed by atoms with E-state index in [0.717, 1.165) is 6.08 Å². The molecule has 0 spiro atoms. The highest BCUT2D eigenvalue weighted by molar-refractivity contribution is 8.07. The summed E-state index contributed by atoms with van der Waals surface area (Å²) in [6, 6.07) is 6.14. The Labute approximate surface area is 132 Å². The summed E-state index contributed by atoms with van der Waals surface area (Å²) < 4.78 is 19.8. The van der Waals surface area contributed by atoms with Crippen molar-refractivity contribution in [2.24, 2.45) is 0 Å². The highest BCUT2D eigenvalue weighted by Gasteiger charge is 2.29. The minimum atomic E-state index is -3.57. The van der Waals surface area contributed by atoms with E-state index in [9.17, 15) is 9.59 Å². The molecule has 22 heavy (non-hydrogen) atoms. The van der Waals surface area contributed by atoms with E-state index >= 15 is 0 Å². The molecule has 0 N–H and O–H groups in total. The second-order valence-electron chi connectivity index (χ2n) is 3.65. The minimum Gasteiger partial charge on any atom is -0.497 e. The van der Waals surface area contributed by atoms with Crippen LogP contribution in [0.15, 0.2) is 36.9 Å². The maximum Gasteiger partial charge on any atom is 0.421 e. The largest absolute Gasteiger partial charge is 0.497 e. The molecule has 0 amide bonds. The van der Waals surface area contributed by atoms with E-state index in [2.05, 4.69) is 16.1 Å². The van der Waals surface area contributed by atoms with Gasteiger partial charge in [-0.3, -0.25) is 9.41 Å². The summed E-state index contributed by atoms with van der Waals surface area (Å²) in [5.41, 5.74) is 0.216. The van der Waals surface area contributed by atoms with Gasteiger partial charge in [-0.15, -0.1) is 0 Å². The van der Waals surface area contributed by atoms with Crippen LogP contribution in [-0.2, 0) is 35.2 Å². The average Bonchev–Trinajstić information content (AvgIpc) is 2.52. The van der Waals surface area contributed by atoms with Crippen molar-refractivity contribution in [3.63, 3.8) is 0 Å². The molecule has 0 bridgehead atoms. The molecule has 1 unspecified atom stereocenters. The standard InChI is InChI=1S/C13H15O7PS/c1-4-12(14)18-20-21(22,17-5-2)19-13(15)10-6-8-11(16-3)9-7-10/h4,6-9H,1,5H2,2-3H3. The lowest BCUT2D eigenvalue weighted by molar-refractivity contribution is -0.212. The quantitative estimate of drug-likeness (QED) is 0.308. The van der Waals surface area contributed by atoms with E-state index in [1.54, 1.807) is 19.1 Å². The van der Waals surface area contributed by atoms with Gasteiger partial charge in [-0.05, 0) is 31.2 Å². The highest BCUT2D eigenvalue weighted by atomic mass is 32.5. The zero-order chi connectivity index (χ0) is 16.6. The lowest BCUT2D eigenvalue weighted by Crippen LogP contribution is -2.09. The molecule has 0 aliphatic carbocycles. The fraction of sp³-hybridized carbons (Fsp3) is 0.231. The van der Waals surface area contributed by atoms with Crippen molar-refractivity contribution in [3.8, 4) is 5.75 Å². The zero-order valence-corrected chi connectivity index (χ0v) is 13.7. The van der Waals surface area contributed by atoms with E-state index in [1.165, 1.54) is 19.2 Å². The zero-order valence-electron chi connectivity index (χ0n) is 12.0. The van der Waals surface area contributed by atoms with Crippen molar-refractivity contribution in [2.75, 3.05) is 13.7 Å². The Morgan fingerprint density at radius 3 is 2.45 bits per heavy atom. The van der Waals surface area contributed by atoms with Crippen LogP contribution in [-0.4, -0.2) is 25.7 Å². The molecule has 0 aliphatic rings. The number of benzene rings is 1. The van der Waals surface area contributed by atoms with Crippen molar-refractivity contribution >= 4 is 30.5 Å². The van der Waals surface area contributed by atoms with Crippen LogP contribution >= 0.6 is 6.72 Å². The smallest absolute Gasteiger partial charge is 0.421 e. The van der Waals surface area contributed by atoms with Crippen LogP contribution in [0, 0.1) is 0 Å². The molecule has 1 atom stereocenters. The maximum atomic E-state index is 12.0. The van der Waals surface area contributed by atoms with E-state index < -0.39 is 18.7 Å². The monoisotopic (exact) mass is 346 g/mol.